The van der Waals surface area contributed by atoms with Crippen LogP contribution in [0.4, 0.5) is 0 Å². The van der Waals surface area contributed by atoms with Gasteiger partial charge in [-0.05, 0) is 38.6 Å². The Kier molecular flexibility index (Phi) is 3.12. The van der Waals surface area contributed by atoms with Gasteiger partial charge in [-0.15, -0.1) is 11.3 Å². The van der Waals surface area contributed by atoms with Crippen LogP contribution in [0.15, 0.2) is 17.9 Å². The first-order valence-corrected chi connectivity index (χ1v) is 6.11. The highest BCUT2D eigenvalue weighted by atomic mass is 32.1. The average Bonchev–Trinajstić information content (AvgIpc) is 2.80. The number of likely N-dealkylation sites (N-methyl/N-ethyl adjacent to an activating group) is 1. The van der Waals surface area contributed by atoms with E-state index in [9.17, 15) is 0 Å². The quantitative estimate of drug-likeness (QED) is 0.850. The van der Waals surface area contributed by atoms with Crippen molar-refractivity contribution in [2.45, 2.75) is 26.3 Å². The van der Waals surface area contributed by atoms with Crippen LogP contribution < -0.4 is 5.32 Å². The molecule has 0 radical (unpaired) electrons. The summed E-state index contributed by atoms with van der Waals surface area (Å²) in [7, 11) is 1.98. The van der Waals surface area contributed by atoms with Gasteiger partial charge in [-0.3, -0.25) is 0 Å². The van der Waals surface area contributed by atoms with Gasteiger partial charge in [0.25, 0.3) is 0 Å². The Morgan fingerprint density at radius 1 is 1.47 bits per heavy atom. The zero-order valence-corrected chi connectivity index (χ0v) is 10.3. The van der Waals surface area contributed by atoms with Crippen molar-refractivity contribution in [3.63, 3.8) is 0 Å². The van der Waals surface area contributed by atoms with Crippen molar-refractivity contribution >= 4 is 11.3 Å². The van der Waals surface area contributed by atoms with Gasteiger partial charge in [0.1, 0.15) is 5.76 Å². The largest absolute Gasteiger partial charge is 0.496 e. The maximum Gasteiger partial charge on any atom is 0.114 e. The molecule has 0 saturated heterocycles. The number of aryl methyl sites for hydroxylation is 2. The van der Waals surface area contributed by atoms with Gasteiger partial charge in [0, 0.05) is 16.2 Å². The van der Waals surface area contributed by atoms with Crippen molar-refractivity contribution in [2.24, 2.45) is 0 Å². The molecule has 1 N–H and O–H groups in total. The van der Waals surface area contributed by atoms with Crippen LogP contribution in [0.2, 0.25) is 0 Å². The minimum Gasteiger partial charge on any atom is -0.496 e. The highest BCUT2D eigenvalue weighted by Gasteiger charge is 2.21. The van der Waals surface area contributed by atoms with Crippen molar-refractivity contribution < 1.29 is 4.74 Å². The Balaban J connectivity index is 2.26. The molecule has 0 bridgehead atoms. The van der Waals surface area contributed by atoms with Gasteiger partial charge < -0.3 is 10.1 Å². The molecular weight excluding hydrogens is 206 g/mol. The van der Waals surface area contributed by atoms with Crippen LogP contribution in [0.5, 0.6) is 0 Å². The van der Waals surface area contributed by atoms with E-state index >= 15 is 0 Å². The normalized spacial score (nSPS) is 17.4. The molecule has 0 aromatic carbocycles. The van der Waals surface area contributed by atoms with E-state index in [-0.39, 0.29) is 6.04 Å². The number of nitrogens with one attached hydrogen (secondary N) is 1. The molecule has 0 spiro atoms. The number of ether oxygens (including phenoxy) is 1. The summed E-state index contributed by atoms with van der Waals surface area (Å²) in [6.07, 6.45) is 3.22. The summed E-state index contributed by atoms with van der Waals surface area (Å²) in [6, 6.07) is 2.49. The van der Waals surface area contributed by atoms with E-state index in [1.807, 2.05) is 18.4 Å². The molecule has 1 aromatic rings. The lowest BCUT2D eigenvalue weighted by atomic mass is 10.1. The first-order chi connectivity index (χ1) is 7.22. The fourth-order valence-corrected chi connectivity index (χ4v) is 2.97. The molecule has 1 aliphatic heterocycles. The van der Waals surface area contributed by atoms with Crippen molar-refractivity contribution in [3.05, 3.63) is 33.2 Å². The lowest BCUT2D eigenvalue weighted by Crippen LogP contribution is -2.17. The number of rotatable bonds is 3. The fraction of sp³-hybridized carbons (Fsp3) is 0.500. The summed E-state index contributed by atoms with van der Waals surface area (Å²) >= 11 is 1.85. The summed E-state index contributed by atoms with van der Waals surface area (Å²) in [5.74, 6) is 1.08. The third-order valence-corrected chi connectivity index (χ3v) is 3.99. The topological polar surface area (TPSA) is 21.3 Å². The van der Waals surface area contributed by atoms with Gasteiger partial charge in [0.05, 0.1) is 12.6 Å². The third-order valence-electron chi connectivity index (χ3n) is 2.77. The van der Waals surface area contributed by atoms with Crippen LogP contribution in [0.25, 0.3) is 0 Å². The van der Waals surface area contributed by atoms with Gasteiger partial charge >= 0.3 is 0 Å². The summed E-state index contributed by atoms with van der Waals surface area (Å²) in [4.78, 5) is 2.74. The van der Waals surface area contributed by atoms with E-state index in [4.69, 9.17) is 4.74 Å². The van der Waals surface area contributed by atoms with E-state index in [0.29, 0.717) is 0 Å². The highest BCUT2D eigenvalue weighted by molar-refractivity contribution is 7.12. The standard InChI is InChI=1S/C12H17NOS/c1-8-7-11(15-9(8)2)12(13-3)10-5-4-6-14-10/h5,7,12-13H,4,6H2,1-3H3. The maximum absolute atomic E-state index is 5.61. The summed E-state index contributed by atoms with van der Waals surface area (Å²) in [6.45, 7) is 5.16. The molecule has 0 aliphatic carbocycles. The second-order valence-electron chi connectivity index (χ2n) is 3.85. The number of thiophene rings is 1. The monoisotopic (exact) mass is 223 g/mol. The second kappa shape index (κ2) is 4.37. The molecule has 1 atom stereocenters. The molecule has 1 aromatic heterocycles. The highest BCUT2D eigenvalue weighted by Crippen LogP contribution is 2.32. The van der Waals surface area contributed by atoms with E-state index in [1.54, 1.807) is 0 Å². The summed E-state index contributed by atoms with van der Waals surface area (Å²) < 4.78 is 5.61. The van der Waals surface area contributed by atoms with Gasteiger partial charge in [0.2, 0.25) is 0 Å². The molecule has 0 fully saturated rings. The van der Waals surface area contributed by atoms with Crippen LogP contribution >= 0.6 is 11.3 Å². The average molecular weight is 223 g/mol. The molecule has 2 rings (SSSR count). The second-order valence-corrected chi connectivity index (χ2v) is 5.14. The zero-order valence-electron chi connectivity index (χ0n) is 9.46. The molecule has 0 saturated carbocycles. The molecule has 3 heteroatoms. The van der Waals surface area contributed by atoms with Gasteiger partial charge in [0.15, 0.2) is 0 Å². The lowest BCUT2D eigenvalue weighted by molar-refractivity contribution is 0.219. The SMILES string of the molecule is CNC(C1=CCCO1)c1cc(C)c(C)s1. The molecule has 2 heterocycles. The van der Waals surface area contributed by atoms with E-state index in [2.05, 4.69) is 31.3 Å². The number of hydrogen-bond donors (Lipinski definition) is 1. The van der Waals surface area contributed by atoms with Crippen molar-refractivity contribution in [1.82, 2.24) is 5.32 Å². The van der Waals surface area contributed by atoms with Gasteiger partial charge in [-0.2, -0.15) is 0 Å². The Hall–Kier alpha value is -0.800. The van der Waals surface area contributed by atoms with Crippen molar-refractivity contribution in [3.8, 4) is 0 Å². The van der Waals surface area contributed by atoms with Gasteiger partial charge in [-0.1, -0.05) is 0 Å². The summed E-state index contributed by atoms with van der Waals surface area (Å²) in [5, 5.41) is 3.32. The number of hydrogen-bond acceptors (Lipinski definition) is 3. The molecular formula is C12H17NOS. The minimum atomic E-state index is 0.241. The van der Waals surface area contributed by atoms with Crippen LogP contribution in [-0.2, 0) is 4.74 Å². The fourth-order valence-electron chi connectivity index (χ4n) is 1.81. The molecule has 0 amide bonds. The smallest absolute Gasteiger partial charge is 0.114 e. The van der Waals surface area contributed by atoms with Crippen LogP contribution in [0, 0.1) is 13.8 Å². The first kappa shape index (κ1) is 10.7. The molecule has 15 heavy (non-hydrogen) atoms. The van der Waals surface area contributed by atoms with E-state index in [0.717, 1.165) is 18.8 Å². The third kappa shape index (κ3) is 2.08. The molecule has 82 valence electrons. The Morgan fingerprint density at radius 2 is 2.27 bits per heavy atom. The minimum absolute atomic E-state index is 0.241. The zero-order chi connectivity index (χ0) is 10.8. The molecule has 1 unspecified atom stereocenters. The predicted octanol–water partition coefficient (Wildman–Crippen LogP) is 2.93. The predicted molar refractivity (Wildman–Crippen MR) is 64.2 cm³/mol. The summed E-state index contributed by atoms with van der Waals surface area (Å²) in [5.41, 5.74) is 1.37. The maximum atomic E-state index is 5.61. The van der Waals surface area contributed by atoms with Gasteiger partial charge in [-0.25, -0.2) is 0 Å². The van der Waals surface area contributed by atoms with Crippen LogP contribution in [0.1, 0.15) is 27.8 Å². The van der Waals surface area contributed by atoms with E-state index < -0.39 is 0 Å². The van der Waals surface area contributed by atoms with Crippen LogP contribution in [0.3, 0.4) is 0 Å². The van der Waals surface area contributed by atoms with Crippen LogP contribution in [-0.4, -0.2) is 13.7 Å². The lowest BCUT2D eigenvalue weighted by Gasteiger charge is -2.15. The Labute approximate surface area is 95.0 Å². The van der Waals surface area contributed by atoms with E-state index in [1.165, 1.54) is 15.3 Å². The Bertz CT molecular complexity index is 361. The first-order valence-electron chi connectivity index (χ1n) is 5.29. The molecule has 1 aliphatic rings. The Morgan fingerprint density at radius 3 is 2.73 bits per heavy atom. The molecule has 2 nitrogen and oxygen atoms in total. The van der Waals surface area contributed by atoms with Crippen molar-refractivity contribution in [2.75, 3.05) is 13.7 Å². The van der Waals surface area contributed by atoms with Crippen molar-refractivity contribution in [1.29, 1.82) is 0 Å².